The van der Waals surface area contributed by atoms with E-state index in [1.165, 1.54) is 6.92 Å². The topological polar surface area (TPSA) is 57.8 Å². The number of nitrogens with one attached hydrogen (secondary N) is 2. The third kappa shape index (κ3) is 2.98. The molecule has 0 radical (unpaired) electrons. The molecule has 0 aliphatic heterocycles. The molecule has 2 aromatic rings. The Labute approximate surface area is 114 Å². The van der Waals surface area contributed by atoms with E-state index in [4.69, 9.17) is 0 Å². The van der Waals surface area contributed by atoms with Gasteiger partial charge >= 0.3 is 0 Å². The maximum atomic E-state index is 11.0. The van der Waals surface area contributed by atoms with Crippen LogP contribution >= 0.6 is 15.9 Å². The standard InChI is InChI=1S/C13H14BrN3O/c1-8(16-9(2)18)13-15-7-12(17-13)10-3-5-11(14)6-4-10/h3-8H,1-2H3,(H,15,17)(H,16,18). The molecule has 94 valence electrons. The third-order valence-corrected chi connectivity index (χ3v) is 3.11. The predicted molar refractivity (Wildman–Crippen MR) is 74.0 cm³/mol. The molecule has 18 heavy (non-hydrogen) atoms. The summed E-state index contributed by atoms with van der Waals surface area (Å²) in [4.78, 5) is 18.5. The van der Waals surface area contributed by atoms with Gasteiger partial charge in [0.2, 0.25) is 5.91 Å². The lowest BCUT2D eigenvalue weighted by Crippen LogP contribution is -2.24. The van der Waals surface area contributed by atoms with Crippen molar-refractivity contribution in [3.63, 3.8) is 0 Å². The number of hydrogen-bond acceptors (Lipinski definition) is 2. The van der Waals surface area contributed by atoms with Gasteiger partial charge < -0.3 is 10.3 Å². The zero-order chi connectivity index (χ0) is 13.1. The number of benzene rings is 1. The van der Waals surface area contributed by atoms with Gasteiger partial charge in [-0.2, -0.15) is 0 Å². The Morgan fingerprint density at radius 1 is 1.39 bits per heavy atom. The lowest BCUT2D eigenvalue weighted by molar-refractivity contribution is -0.119. The van der Waals surface area contributed by atoms with Crippen molar-refractivity contribution in [3.05, 3.63) is 40.8 Å². The van der Waals surface area contributed by atoms with E-state index >= 15 is 0 Å². The van der Waals surface area contributed by atoms with Gasteiger partial charge in [-0.25, -0.2) is 4.98 Å². The minimum Gasteiger partial charge on any atom is -0.347 e. The Bertz CT molecular complexity index is 548. The number of nitrogens with zero attached hydrogens (tertiary/aromatic N) is 1. The number of carbonyl (C=O) groups is 1. The van der Waals surface area contributed by atoms with Gasteiger partial charge in [0, 0.05) is 11.4 Å². The fraction of sp³-hybridized carbons (Fsp3) is 0.231. The summed E-state index contributed by atoms with van der Waals surface area (Å²) in [6.45, 7) is 3.39. The van der Waals surface area contributed by atoms with Gasteiger partial charge in [-0.3, -0.25) is 4.79 Å². The van der Waals surface area contributed by atoms with Gasteiger partial charge in [-0.1, -0.05) is 28.1 Å². The van der Waals surface area contributed by atoms with Crippen LogP contribution in [0.25, 0.3) is 11.3 Å². The average Bonchev–Trinajstić information content (AvgIpc) is 2.78. The van der Waals surface area contributed by atoms with Crippen molar-refractivity contribution in [2.24, 2.45) is 0 Å². The number of halogens is 1. The smallest absolute Gasteiger partial charge is 0.217 e. The summed E-state index contributed by atoms with van der Waals surface area (Å²) in [5, 5.41) is 2.79. The summed E-state index contributed by atoms with van der Waals surface area (Å²) in [6.07, 6.45) is 1.77. The van der Waals surface area contributed by atoms with Crippen LogP contribution in [0.1, 0.15) is 25.7 Å². The molecule has 1 aromatic heterocycles. The fourth-order valence-corrected chi connectivity index (χ4v) is 1.97. The number of carbonyl (C=O) groups excluding carboxylic acids is 1. The second-order valence-corrected chi connectivity index (χ2v) is 5.03. The first-order valence-corrected chi connectivity index (χ1v) is 6.43. The third-order valence-electron chi connectivity index (χ3n) is 2.58. The molecule has 5 heteroatoms. The number of hydrogen-bond donors (Lipinski definition) is 2. The monoisotopic (exact) mass is 307 g/mol. The number of amides is 1. The highest BCUT2D eigenvalue weighted by atomic mass is 79.9. The second kappa shape index (κ2) is 5.35. The Kier molecular flexibility index (Phi) is 3.81. The molecular formula is C13H14BrN3O. The zero-order valence-corrected chi connectivity index (χ0v) is 11.8. The maximum Gasteiger partial charge on any atom is 0.217 e. The molecule has 1 amide bonds. The first-order chi connectivity index (χ1) is 8.56. The Balaban J connectivity index is 2.19. The summed E-state index contributed by atoms with van der Waals surface area (Å²) in [5.41, 5.74) is 2.00. The number of rotatable bonds is 3. The summed E-state index contributed by atoms with van der Waals surface area (Å²) in [5.74, 6) is 0.687. The zero-order valence-electron chi connectivity index (χ0n) is 10.2. The summed E-state index contributed by atoms with van der Waals surface area (Å²) < 4.78 is 1.04. The molecule has 4 nitrogen and oxygen atoms in total. The Hall–Kier alpha value is -1.62. The van der Waals surface area contributed by atoms with Crippen molar-refractivity contribution >= 4 is 21.8 Å². The molecular weight excluding hydrogens is 294 g/mol. The van der Waals surface area contributed by atoms with Crippen LogP contribution < -0.4 is 5.32 Å². The Morgan fingerprint density at radius 3 is 2.67 bits per heavy atom. The van der Waals surface area contributed by atoms with Gasteiger partial charge in [0.1, 0.15) is 5.82 Å². The van der Waals surface area contributed by atoms with E-state index in [0.29, 0.717) is 0 Å². The highest BCUT2D eigenvalue weighted by Gasteiger charge is 2.11. The molecule has 0 saturated carbocycles. The minimum atomic E-state index is -0.119. The van der Waals surface area contributed by atoms with E-state index < -0.39 is 0 Å². The lowest BCUT2D eigenvalue weighted by Gasteiger charge is -2.08. The molecule has 0 saturated heterocycles. The van der Waals surface area contributed by atoms with Crippen LogP contribution in [0, 0.1) is 0 Å². The molecule has 1 unspecified atom stereocenters. The fourth-order valence-electron chi connectivity index (χ4n) is 1.71. The van der Waals surface area contributed by atoms with Gasteiger partial charge in [-0.05, 0) is 24.6 Å². The molecule has 0 spiro atoms. The van der Waals surface area contributed by atoms with Gasteiger partial charge in [0.25, 0.3) is 0 Å². The van der Waals surface area contributed by atoms with Crippen LogP contribution in [-0.2, 0) is 4.79 Å². The SMILES string of the molecule is CC(=O)NC(C)c1ncc(-c2ccc(Br)cc2)[nH]1. The Morgan fingerprint density at radius 2 is 2.06 bits per heavy atom. The van der Waals surface area contributed by atoms with Gasteiger partial charge in [0.05, 0.1) is 17.9 Å². The van der Waals surface area contributed by atoms with Crippen LogP contribution in [0.3, 0.4) is 0 Å². The summed E-state index contributed by atoms with van der Waals surface area (Å²) >= 11 is 3.40. The van der Waals surface area contributed by atoms with E-state index in [2.05, 4.69) is 31.2 Å². The van der Waals surface area contributed by atoms with Crippen LogP contribution in [0.4, 0.5) is 0 Å². The number of imidazole rings is 1. The number of aromatic amines is 1. The lowest BCUT2D eigenvalue weighted by atomic mass is 10.2. The van der Waals surface area contributed by atoms with E-state index in [-0.39, 0.29) is 11.9 Å². The van der Waals surface area contributed by atoms with E-state index in [9.17, 15) is 4.79 Å². The molecule has 2 rings (SSSR count). The normalized spacial score (nSPS) is 12.2. The molecule has 0 aliphatic carbocycles. The molecule has 0 fully saturated rings. The highest BCUT2D eigenvalue weighted by molar-refractivity contribution is 9.10. The van der Waals surface area contributed by atoms with Crippen molar-refractivity contribution in [1.29, 1.82) is 0 Å². The largest absolute Gasteiger partial charge is 0.347 e. The summed E-state index contributed by atoms with van der Waals surface area (Å²) in [7, 11) is 0. The highest BCUT2D eigenvalue weighted by Crippen LogP contribution is 2.21. The molecule has 0 aliphatic rings. The maximum absolute atomic E-state index is 11.0. The minimum absolute atomic E-state index is 0.0657. The predicted octanol–water partition coefficient (Wildman–Crippen LogP) is 3.04. The van der Waals surface area contributed by atoms with E-state index in [0.717, 1.165) is 21.6 Å². The summed E-state index contributed by atoms with van der Waals surface area (Å²) in [6, 6.07) is 7.85. The van der Waals surface area contributed by atoms with Crippen molar-refractivity contribution in [1.82, 2.24) is 15.3 Å². The van der Waals surface area contributed by atoms with E-state index in [1.54, 1.807) is 6.20 Å². The molecule has 1 heterocycles. The van der Waals surface area contributed by atoms with Crippen LogP contribution in [0.5, 0.6) is 0 Å². The first-order valence-electron chi connectivity index (χ1n) is 5.64. The molecule has 2 N–H and O–H groups in total. The van der Waals surface area contributed by atoms with E-state index in [1.807, 2.05) is 31.2 Å². The van der Waals surface area contributed by atoms with Crippen LogP contribution in [0.15, 0.2) is 34.9 Å². The first kappa shape index (κ1) is 12.8. The average molecular weight is 308 g/mol. The van der Waals surface area contributed by atoms with Crippen molar-refractivity contribution in [2.45, 2.75) is 19.9 Å². The van der Waals surface area contributed by atoms with Crippen LogP contribution in [0.2, 0.25) is 0 Å². The second-order valence-electron chi connectivity index (χ2n) is 4.11. The van der Waals surface area contributed by atoms with Crippen molar-refractivity contribution in [2.75, 3.05) is 0 Å². The van der Waals surface area contributed by atoms with Crippen molar-refractivity contribution in [3.8, 4) is 11.3 Å². The van der Waals surface area contributed by atoms with Crippen LogP contribution in [-0.4, -0.2) is 15.9 Å². The quantitative estimate of drug-likeness (QED) is 0.915. The van der Waals surface area contributed by atoms with Crippen molar-refractivity contribution < 1.29 is 4.79 Å². The van der Waals surface area contributed by atoms with Gasteiger partial charge in [-0.15, -0.1) is 0 Å². The number of aromatic nitrogens is 2. The molecule has 1 atom stereocenters. The van der Waals surface area contributed by atoms with Gasteiger partial charge in [0.15, 0.2) is 0 Å². The molecule has 0 bridgehead atoms. The molecule has 1 aromatic carbocycles. The number of H-pyrrole nitrogens is 1.